The molecule has 1 aromatic rings. The Bertz CT molecular complexity index is 284. The predicted octanol–water partition coefficient (Wildman–Crippen LogP) is 0.440. The lowest BCUT2D eigenvalue weighted by molar-refractivity contribution is -0.146. The molecule has 0 fully saturated rings. The van der Waals surface area contributed by atoms with Gasteiger partial charge >= 0.3 is 5.97 Å². The van der Waals surface area contributed by atoms with Crippen molar-refractivity contribution in [2.24, 2.45) is 0 Å². The van der Waals surface area contributed by atoms with E-state index in [0.29, 0.717) is 0 Å². The molecule has 0 saturated carbocycles. The quantitative estimate of drug-likeness (QED) is 0.720. The molecule has 12 heavy (non-hydrogen) atoms. The van der Waals surface area contributed by atoms with Crippen LogP contribution >= 0.6 is 11.5 Å². The second-order valence-electron chi connectivity index (χ2n) is 2.49. The van der Waals surface area contributed by atoms with E-state index in [1.807, 2.05) is 6.92 Å². The van der Waals surface area contributed by atoms with Crippen LogP contribution in [0.1, 0.15) is 10.6 Å². The number of hydrogen-bond acceptors (Lipinski definition) is 4. The molecule has 1 atom stereocenters. The monoisotopic (exact) mass is 187 g/mol. The van der Waals surface area contributed by atoms with Gasteiger partial charge in [0.15, 0.2) is 6.10 Å². The van der Waals surface area contributed by atoms with E-state index in [4.69, 9.17) is 10.2 Å². The molecule has 0 bridgehead atoms. The predicted molar refractivity (Wildman–Crippen MR) is 44.2 cm³/mol. The maximum Gasteiger partial charge on any atom is 0.332 e. The van der Waals surface area contributed by atoms with Crippen LogP contribution in [0, 0.1) is 6.92 Å². The zero-order valence-electron chi connectivity index (χ0n) is 6.52. The van der Waals surface area contributed by atoms with E-state index >= 15 is 0 Å². The number of carbonyl (C=O) groups is 1. The Morgan fingerprint density at radius 1 is 1.83 bits per heavy atom. The fourth-order valence-electron chi connectivity index (χ4n) is 0.790. The number of carboxylic acids is 1. The number of hydrogen-bond donors (Lipinski definition) is 2. The summed E-state index contributed by atoms with van der Waals surface area (Å²) in [6.45, 7) is 1.83. The number of aromatic nitrogens is 1. The van der Waals surface area contributed by atoms with Crippen molar-refractivity contribution in [2.75, 3.05) is 0 Å². The molecule has 0 saturated heterocycles. The van der Waals surface area contributed by atoms with Crippen LogP contribution in [-0.4, -0.2) is 26.7 Å². The van der Waals surface area contributed by atoms with Crippen molar-refractivity contribution in [3.63, 3.8) is 0 Å². The van der Waals surface area contributed by atoms with Gasteiger partial charge in [-0.1, -0.05) is 0 Å². The van der Waals surface area contributed by atoms with Gasteiger partial charge in [-0.15, -0.1) is 0 Å². The summed E-state index contributed by atoms with van der Waals surface area (Å²) in [7, 11) is 0. The maximum atomic E-state index is 10.2. The summed E-state index contributed by atoms with van der Waals surface area (Å²) in [4.78, 5) is 11.0. The van der Waals surface area contributed by atoms with Gasteiger partial charge in [-0.2, -0.15) is 4.37 Å². The van der Waals surface area contributed by atoms with Crippen molar-refractivity contribution in [1.29, 1.82) is 0 Å². The standard InChI is InChI=1S/C7H9NO3S/c1-4-2-5(12-8-4)3-6(9)7(10)11/h2,6,9H,3H2,1H3,(H,10,11). The fraction of sp³-hybridized carbons (Fsp3) is 0.429. The SMILES string of the molecule is Cc1cc(CC(O)C(=O)O)sn1. The largest absolute Gasteiger partial charge is 0.479 e. The average Bonchev–Trinajstić information content (AvgIpc) is 2.35. The van der Waals surface area contributed by atoms with E-state index in [-0.39, 0.29) is 6.42 Å². The van der Waals surface area contributed by atoms with E-state index in [0.717, 1.165) is 10.6 Å². The highest BCUT2D eigenvalue weighted by atomic mass is 32.1. The second-order valence-corrected chi connectivity index (χ2v) is 3.38. The van der Waals surface area contributed by atoms with Crippen LogP contribution in [0.3, 0.4) is 0 Å². The van der Waals surface area contributed by atoms with Crippen molar-refractivity contribution in [1.82, 2.24) is 4.37 Å². The van der Waals surface area contributed by atoms with Crippen LogP contribution in [0.2, 0.25) is 0 Å². The Labute approximate surface area is 73.6 Å². The third-order valence-electron chi connectivity index (χ3n) is 1.36. The Morgan fingerprint density at radius 2 is 2.50 bits per heavy atom. The molecular weight excluding hydrogens is 178 g/mol. The summed E-state index contributed by atoms with van der Waals surface area (Å²) < 4.78 is 3.97. The summed E-state index contributed by atoms with van der Waals surface area (Å²) in [5.74, 6) is -1.19. The molecule has 1 aromatic heterocycles. The molecule has 0 aliphatic carbocycles. The topological polar surface area (TPSA) is 70.4 Å². The molecule has 0 radical (unpaired) electrons. The minimum Gasteiger partial charge on any atom is -0.479 e. The third-order valence-corrected chi connectivity index (χ3v) is 2.25. The molecule has 0 aromatic carbocycles. The van der Waals surface area contributed by atoms with Gasteiger partial charge in [0.25, 0.3) is 0 Å². The normalized spacial score (nSPS) is 12.8. The van der Waals surface area contributed by atoms with Crippen LogP contribution in [0.15, 0.2) is 6.07 Å². The molecule has 4 nitrogen and oxygen atoms in total. The van der Waals surface area contributed by atoms with Crippen molar-refractivity contribution >= 4 is 17.5 Å². The van der Waals surface area contributed by atoms with Crippen LogP contribution in [-0.2, 0) is 11.2 Å². The summed E-state index contributed by atoms with van der Waals surface area (Å²) in [6, 6.07) is 1.77. The van der Waals surface area contributed by atoms with Gasteiger partial charge in [-0.25, -0.2) is 4.79 Å². The van der Waals surface area contributed by atoms with Gasteiger partial charge in [0.1, 0.15) is 0 Å². The van der Waals surface area contributed by atoms with Crippen molar-refractivity contribution in [3.8, 4) is 0 Å². The highest BCUT2D eigenvalue weighted by Crippen LogP contribution is 2.11. The van der Waals surface area contributed by atoms with Gasteiger partial charge in [0.2, 0.25) is 0 Å². The Morgan fingerprint density at radius 3 is 2.92 bits per heavy atom. The Hall–Kier alpha value is -0.940. The van der Waals surface area contributed by atoms with Crippen LogP contribution in [0.25, 0.3) is 0 Å². The van der Waals surface area contributed by atoms with Crippen LogP contribution in [0.5, 0.6) is 0 Å². The van der Waals surface area contributed by atoms with E-state index in [9.17, 15) is 4.79 Å². The molecule has 66 valence electrons. The minimum absolute atomic E-state index is 0.140. The minimum atomic E-state index is -1.31. The van der Waals surface area contributed by atoms with Crippen molar-refractivity contribution < 1.29 is 15.0 Å². The molecule has 0 amide bonds. The van der Waals surface area contributed by atoms with Gasteiger partial charge < -0.3 is 10.2 Å². The zero-order valence-corrected chi connectivity index (χ0v) is 7.34. The van der Waals surface area contributed by atoms with Crippen molar-refractivity contribution in [2.45, 2.75) is 19.4 Å². The number of aryl methyl sites for hydroxylation is 1. The zero-order chi connectivity index (χ0) is 9.14. The number of aliphatic hydroxyl groups excluding tert-OH is 1. The Balaban J connectivity index is 2.58. The number of carboxylic acid groups (broad SMARTS) is 1. The van der Waals surface area contributed by atoms with Crippen LogP contribution in [0.4, 0.5) is 0 Å². The van der Waals surface area contributed by atoms with Gasteiger partial charge in [-0.3, -0.25) is 0 Å². The van der Waals surface area contributed by atoms with E-state index in [1.165, 1.54) is 11.5 Å². The van der Waals surface area contributed by atoms with Gasteiger partial charge in [0, 0.05) is 11.3 Å². The van der Waals surface area contributed by atoms with Crippen LogP contribution < -0.4 is 0 Å². The highest BCUT2D eigenvalue weighted by molar-refractivity contribution is 7.05. The molecule has 1 heterocycles. The molecule has 2 N–H and O–H groups in total. The lowest BCUT2D eigenvalue weighted by atomic mass is 10.2. The molecule has 0 spiro atoms. The van der Waals surface area contributed by atoms with Gasteiger partial charge in [0.05, 0.1) is 5.69 Å². The molecule has 1 rings (SSSR count). The summed E-state index contributed by atoms with van der Waals surface area (Å²) in [6.07, 6.45) is -1.18. The van der Waals surface area contributed by atoms with Crippen molar-refractivity contribution in [3.05, 3.63) is 16.6 Å². The highest BCUT2D eigenvalue weighted by Gasteiger charge is 2.14. The molecule has 5 heteroatoms. The number of rotatable bonds is 3. The van der Waals surface area contributed by atoms with E-state index in [1.54, 1.807) is 6.07 Å². The first kappa shape index (κ1) is 9.15. The third kappa shape index (κ3) is 2.28. The lowest BCUT2D eigenvalue weighted by Gasteiger charge is -2.00. The smallest absolute Gasteiger partial charge is 0.332 e. The van der Waals surface area contributed by atoms with E-state index < -0.39 is 12.1 Å². The first-order valence-corrected chi connectivity index (χ1v) is 4.20. The molecular formula is C7H9NO3S. The average molecular weight is 187 g/mol. The molecule has 0 aliphatic heterocycles. The first-order chi connectivity index (χ1) is 5.59. The summed E-state index contributed by atoms with van der Waals surface area (Å²) in [5, 5.41) is 17.4. The second kappa shape index (κ2) is 3.64. The van der Waals surface area contributed by atoms with Gasteiger partial charge in [-0.05, 0) is 24.5 Å². The first-order valence-electron chi connectivity index (χ1n) is 3.42. The molecule has 1 unspecified atom stereocenters. The maximum absolute atomic E-state index is 10.2. The summed E-state index contributed by atoms with van der Waals surface area (Å²) >= 11 is 1.22. The lowest BCUT2D eigenvalue weighted by Crippen LogP contribution is -2.21. The Kier molecular flexibility index (Phi) is 2.78. The molecule has 0 aliphatic rings. The number of aliphatic hydroxyl groups is 1. The fourth-order valence-corrected chi connectivity index (χ4v) is 1.56. The summed E-state index contributed by atoms with van der Waals surface area (Å²) in [5.41, 5.74) is 0.854. The van der Waals surface area contributed by atoms with E-state index in [2.05, 4.69) is 4.37 Å². The number of nitrogens with zero attached hydrogens (tertiary/aromatic N) is 1. The number of aliphatic carboxylic acids is 1.